The maximum atomic E-state index is 12.2. The van der Waals surface area contributed by atoms with Crippen LogP contribution in [-0.2, 0) is 9.53 Å². The Balaban J connectivity index is 1.75. The molecule has 1 fully saturated rings. The van der Waals surface area contributed by atoms with Gasteiger partial charge in [0.25, 0.3) is 5.91 Å². The molecule has 1 aliphatic heterocycles. The van der Waals surface area contributed by atoms with Crippen LogP contribution >= 0.6 is 0 Å². The monoisotopic (exact) mass is 322 g/mol. The molecule has 1 amide bonds. The van der Waals surface area contributed by atoms with Gasteiger partial charge in [0.15, 0.2) is 6.10 Å². The second-order valence-corrected chi connectivity index (χ2v) is 5.44. The number of benzene rings is 1. The number of carbonyl (C=O) groups excluding carboxylic acids is 1. The van der Waals surface area contributed by atoms with Gasteiger partial charge < -0.3 is 19.5 Å². The highest BCUT2D eigenvalue weighted by Gasteiger charge is 2.18. The van der Waals surface area contributed by atoms with E-state index in [1.807, 2.05) is 31.2 Å². The lowest BCUT2D eigenvalue weighted by molar-refractivity contribution is -0.128. The number of ether oxygens (including phenoxy) is 3. The number of rotatable bonds is 8. The molecule has 0 bridgehead atoms. The van der Waals surface area contributed by atoms with E-state index in [0.717, 1.165) is 38.6 Å². The van der Waals surface area contributed by atoms with E-state index in [0.29, 0.717) is 18.7 Å². The lowest BCUT2D eigenvalue weighted by Crippen LogP contribution is -2.44. The van der Waals surface area contributed by atoms with Gasteiger partial charge in [-0.05, 0) is 30.7 Å². The molecule has 6 heteroatoms. The van der Waals surface area contributed by atoms with Crippen LogP contribution in [-0.4, -0.2) is 63.4 Å². The van der Waals surface area contributed by atoms with Gasteiger partial charge in [-0.1, -0.05) is 6.92 Å². The van der Waals surface area contributed by atoms with Crippen molar-refractivity contribution in [3.8, 4) is 11.5 Å². The third kappa shape index (κ3) is 5.73. The number of morpholine rings is 1. The number of hydrogen-bond acceptors (Lipinski definition) is 5. The summed E-state index contributed by atoms with van der Waals surface area (Å²) in [5.74, 6) is 1.36. The van der Waals surface area contributed by atoms with Crippen molar-refractivity contribution in [1.82, 2.24) is 10.2 Å². The normalized spacial score (nSPS) is 16.6. The molecule has 128 valence electrons. The van der Waals surface area contributed by atoms with Gasteiger partial charge in [0.05, 0.1) is 20.3 Å². The summed E-state index contributed by atoms with van der Waals surface area (Å²) in [7, 11) is 1.62. The van der Waals surface area contributed by atoms with Gasteiger partial charge in [-0.25, -0.2) is 0 Å². The van der Waals surface area contributed by atoms with E-state index in [4.69, 9.17) is 14.2 Å². The average molecular weight is 322 g/mol. The van der Waals surface area contributed by atoms with Crippen molar-refractivity contribution in [2.24, 2.45) is 0 Å². The summed E-state index contributed by atoms with van der Waals surface area (Å²) in [6, 6.07) is 7.25. The maximum Gasteiger partial charge on any atom is 0.261 e. The van der Waals surface area contributed by atoms with E-state index in [2.05, 4.69) is 10.2 Å². The zero-order valence-corrected chi connectivity index (χ0v) is 13.9. The Hall–Kier alpha value is -1.79. The van der Waals surface area contributed by atoms with E-state index in [9.17, 15) is 4.79 Å². The van der Waals surface area contributed by atoms with Gasteiger partial charge in [-0.2, -0.15) is 0 Å². The van der Waals surface area contributed by atoms with Crippen molar-refractivity contribution >= 4 is 5.91 Å². The molecule has 1 aromatic carbocycles. The molecular formula is C17H26N2O4. The van der Waals surface area contributed by atoms with E-state index in [1.165, 1.54) is 0 Å². The Morgan fingerprint density at radius 3 is 2.52 bits per heavy atom. The van der Waals surface area contributed by atoms with Crippen molar-refractivity contribution in [1.29, 1.82) is 0 Å². The first kappa shape index (κ1) is 17.6. The summed E-state index contributed by atoms with van der Waals surface area (Å²) in [5, 5.41) is 2.95. The van der Waals surface area contributed by atoms with Crippen LogP contribution in [0, 0.1) is 0 Å². The molecule has 0 saturated carbocycles. The van der Waals surface area contributed by atoms with Crippen LogP contribution in [0.25, 0.3) is 0 Å². The summed E-state index contributed by atoms with van der Waals surface area (Å²) >= 11 is 0. The lowest BCUT2D eigenvalue weighted by atomic mass is 10.2. The molecule has 1 N–H and O–H groups in total. The minimum absolute atomic E-state index is 0.0726. The van der Waals surface area contributed by atoms with Crippen LogP contribution < -0.4 is 14.8 Å². The summed E-state index contributed by atoms with van der Waals surface area (Å²) in [4.78, 5) is 14.5. The smallest absolute Gasteiger partial charge is 0.261 e. The van der Waals surface area contributed by atoms with Gasteiger partial charge >= 0.3 is 0 Å². The second-order valence-electron chi connectivity index (χ2n) is 5.44. The van der Waals surface area contributed by atoms with Crippen molar-refractivity contribution < 1.29 is 19.0 Å². The Bertz CT molecular complexity index is 472. The zero-order chi connectivity index (χ0) is 16.5. The van der Waals surface area contributed by atoms with Gasteiger partial charge in [-0.15, -0.1) is 0 Å². The molecule has 1 aromatic rings. The Kier molecular flexibility index (Phi) is 7.16. The van der Waals surface area contributed by atoms with Crippen molar-refractivity contribution in [3.63, 3.8) is 0 Å². The van der Waals surface area contributed by atoms with E-state index in [-0.39, 0.29) is 5.91 Å². The fourth-order valence-corrected chi connectivity index (χ4v) is 2.42. The second kappa shape index (κ2) is 9.37. The number of nitrogens with zero attached hydrogens (tertiary/aromatic N) is 1. The highest BCUT2D eigenvalue weighted by Crippen LogP contribution is 2.18. The number of amides is 1. The van der Waals surface area contributed by atoms with E-state index in [1.54, 1.807) is 7.11 Å². The number of nitrogens with one attached hydrogen (secondary N) is 1. The van der Waals surface area contributed by atoms with Crippen LogP contribution in [0.15, 0.2) is 24.3 Å². The lowest BCUT2D eigenvalue weighted by Gasteiger charge is -2.26. The third-order valence-corrected chi connectivity index (χ3v) is 3.83. The highest BCUT2D eigenvalue weighted by molar-refractivity contribution is 5.81. The van der Waals surface area contributed by atoms with Gasteiger partial charge in [0.2, 0.25) is 0 Å². The fraction of sp³-hybridized carbons (Fsp3) is 0.588. The molecule has 0 unspecified atom stereocenters. The highest BCUT2D eigenvalue weighted by atomic mass is 16.5. The zero-order valence-electron chi connectivity index (χ0n) is 13.9. The molecular weight excluding hydrogens is 296 g/mol. The molecule has 0 aromatic heterocycles. The molecule has 23 heavy (non-hydrogen) atoms. The first-order valence-corrected chi connectivity index (χ1v) is 8.11. The van der Waals surface area contributed by atoms with E-state index >= 15 is 0 Å². The van der Waals surface area contributed by atoms with Crippen molar-refractivity contribution in [3.05, 3.63) is 24.3 Å². The molecule has 1 aliphatic rings. The minimum atomic E-state index is -0.479. The molecule has 1 heterocycles. The Labute approximate surface area is 137 Å². The SMILES string of the molecule is CC[C@@H](Oc1ccc(OC)cc1)C(=O)NCCN1CCOCC1. The Morgan fingerprint density at radius 2 is 1.91 bits per heavy atom. The fourth-order valence-electron chi connectivity index (χ4n) is 2.42. The molecule has 0 spiro atoms. The number of hydrogen-bond donors (Lipinski definition) is 1. The van der Waals surface area contributed by atoms with Crippen LogP contribution in [0.5, 0.6) is 11.5 Å². The molecule has 0 radical (unpaired) electrons. The van der Waals surface area contributed by atoms with Gasteiger partial charge in [-0.3, -0.25) is 9.69 Å². The van der Waals surface area contributed by atoms with E-state index < -0.39 is 6.10 Å². The molecule has 6 nitrogen and oxygen atoms in total. The molecule has 1 atom stereocenters. The standard InChI is InChI=1S/C17H26N2O4/c1-3-16(23-15-6-4-14(21-2)5-7-15)17(20)18-8-9-19-10-12-22-13-11-19/h4-7,16H,3,8-13H2,1-2H3,(H,18,20)/t16-/m1/s1. The molecule has 2 rings (SSSR count). The molecule has 0 aliphatic carbocycles. The number of carbonyl (C=O) groups is 1. The first-order chi connectivity index (χ1) is 11.2. The van der Waals surface area contributed by atoms with Crippen LogP contribution in [0.4, 0.5) is 0 Å². The largest absolute Gasteiger partial charge is 0.497 e. The van der Waals surface area contributed by atoms with Crippen LogP contribution in [0.1, 0.15) is 13.3 Å². The first-order valence-electron chi connectivity index (χ1n) is 8.11. The quantitative estimate of drug-likeness (QED) is 0.782. The topological polar surface area (TPSA) is 60.0 Å². The summed E-state index contributed by atoms with van der Waals surface area (Å²) < 4.78 is 16.2. The predicted molar refractivity (Wildman–Crippen MR) is 88.0 cm³/mol. The maximum absolute atomic E-state index is 12.2. The molecule has 1 saturated heterocycles. The summed E-state index contributed by atoms with van der Waals surface area (Å²) in [6.45, 7) is 6.80. The minimum Gasteiger partial charge on any atom is -0.497 e. The number of methoxy groups -OCH3 is 1. The Morgan fingerprint density at radius 1 is 1.26 bits per heavy atom. The van der Waals surface area contributed by atoms with Gasteiger partial charge in [0.1, 0.15) is 11.5 Å². The predicted octanol–water partition coefficient (Wildman–Crippen LogP) is 1.30. The van der Waals surface area contributed by atoms with Crippen LogP contribution in [0.3, 0.4) is 0 Å². The van der Waals surface area contributed by atoms with Crippen molar-refractivity contribution in [2.45, 2.75) is 19.4 Å². The summed E-state index contributed by atoms with van der Waals surface area (Å²) in [5.41, 5.74) is 0. The summed E-state index contributed by atoms with van der Waals surface area (Å²) in [6.07, 6.45) is 0.142. The van der Waals surface area contributed by atoms with Crippen LogP contribution in [0.2, 0.25) is 0 Å². The van der Waals surface area contributed by atoms with Crippen molar-refractivity contribution in [2.75, 3.05) is 46.5 Å². The average Bonchev–Trinajstić information content (AvgIpc) is 2.61. The van der Waals surface area contributed by atoms with Gasteiger partial charge in [0, 0.05) is 26.2 Å². The third-order valence-electron chi connectivity index (χ3n) is 3.83.